The van der Waals surface area contributed by atoms with Crippen molar-refractivity contribution in [2.24, 2.45) is 0 Å². The zero-order valence-corrected chi connectivity index (χ0v) is 18.0. The molecule has 1 aliphatic heterocycles. The fraction of sp³-hybridized carbons (Fsp3) is 0.409. The van der Waals surface area contributed by atoms with Crippen LogP contribution in [-0.2, 0) is 14.8 Å². The topological polar surface area (TPSA) is 75.7 Å². The van der Waals surface area contributed by atoms with E-state index in [0.717, 1.165) is 37.9 Å². The average molecular weight is 417 g/mol. The third kappa shape index (κ3) is 5.29. The van der Waals surface area contributed by atoms with Crippen LogP contribution >= 0.6 is 0 Å². The van der Waals surface area contributed by atoms with Crippen molar-refractivity contribution in [3.8, 4) is 0 Å². The molecule has 2 aromatic carbocycles. The Balaban J connectivity index is 2.01. The van der Waals surface area contributed by atoms with Gasteiger partial charge in [0.05, 0.1) is 17.4 Å². The van der Waals surface area contributed by atoms with Gasteiger partial charge in [0.25, 0.3) is 10.0 Å². The molecule has 6 nitrogen and oxygen atoms in total. The fourth-order valence-electron chi connectivity index (χ4n) is 3.37. The van der Waals surface area contributed by atoms with Crippen molar-refractivity contribution in [2.75, 3.05) is 22.7 Å². The van der Waals surface area contributed by atoms with E-state index in [1.807, 2.05) is 19.1 Å². The summed E-state index contributed by atoms with van der Waals surface area (Å²) >= 11 is 0. The van der Waals surface area contributed by atoms with Crippen LogP contribution in [0.1, 0.15) is 49.0 Å². The summed E-state index contributed by atoms with van der Waals surface area (Å²) in [6.07, 6.45) is 2.89. The van der Waals surface area contributed by atoms with Crippen LogP contribution in [0.15, 0.2) is 47.4 Å². The number of esters is 1. The maximum atomic E-state index is 13.3. The van der Waals surface area contributed by atoms with Gasteiger partial charge in [0.15, 0.2) is 0 Å². The molecule has 3 rings (SSSR count). The Labute approximate surface area is 172 Å². The Morgan fingerprint density at radius 3 is 2.31 bits per heavy atom. The molecule has 0 atom stereocenters. The Kier molecular flexibility index (Phi) is 6.47. The SMILES string of the molecule is Cc1ccc(NS(=O)(=O)c2cc(C(=O)OC(C)C)ccc2N2CCCCC2)cc1. The van der Waals surface area contributed by atoms with E-state index in [0.29, 0.717) is 11.4 Å². The van der Waals surface area contributed by atoms with E-state index >= 15 is 0 Å². The lowest BCUT2D eigenvalue weighted by atomic mass is 10.1. The predicted molar refractivity (Wildman–Crippen MR) is 115 cm³/mol. The molecule has 1 N–H and O–H groups in total. The van der Waals surface area contributed by atoms with Crippen LogP contribution in [0.2, 0.25) is 0 Å². The maximum Gasteiger partial charge on any atom is 0.338 e. The van der Waals surface area contributed by atoms with Gasteiger partial charge in [0, 0.05) is 18.8 Å². The van der Waals surface area contributed by atoms with Crippen LogP contribution in [0.4, 0.5) is 11.4 Å². The number of carbonyl (C=O) groups excluding carboxylic acids is 1. The van der Waals surface area contributed by atoms with Crippen LogP contribution in [0.5, 0.6) is 0 Å². The summed E-state index contributed by atoms with van der Waals surface area (Å²) in [6.45, 7) is 7.05. The molecule has 0 spiro atoms. The highest BCUT2D eigenvalue weighted by Crippen LogP contribution is 2.31. The molecule has 29 heavy (non-hydrogen) atoms. The van der Waals surface area contributed by atoms with E-state index in [1.54, 1.807) is 38.1 Å². The second-order valence-corrected chi connectivity index (χ2v) is 9.31. The molecular weight excluding hydrogens is 388 g/mol. The molecule has 0 unspecified atom stereocenters. The van der Waals surface area contributed by atoms with Gasteiger partial charge in [0.1, 0.15) is 4.90 Å². The molecule has 1 aliphatic rings. The summed E-state index contributed by atoms with van der Waals surface area (Å²) in [5.74, 6) is -0.531. The summed E-state index contributed by atoms with van der Waals surface area (Å²) in [5, 5.41) is 0. The Morgan fingerprint density at radius 2 is 1.69 bits per heavy atom. The highest BCUT2D eigenvalue weighted by Gasteiger charge is 2.25. The van der Waals surface area contributed by atoms with Crippen LogP contribution < -0.4 is 9.62 Å². The zero-order chi connectivity index (χ0) is 21.0. The third-order valence-electron chi connectivity index (χ3n) is 4.83. The van der Waals surface area contributed by atoms with Gasteiger partial charge in [-0.15, -0.1) is 0 Å². The number of benzene rings is 2. The van der Waals surface area contributed by atoms with Crippen LogP contribution in [0.25, 0.3) is 0 Å². The molecular formula is C22H28N2O4S. The van der Waals surface area contributed by atoms with E-state index in [2.05, 4.69) is 9.62 Å². The number of hydrogen-bond donors (Lipinski definition) is 1. The minimum Gasteiger partial charge on any atom is -0.459 e. The molecule has 1 saturated heterocycles. The van der Waals surface area contributed by atoms with Gasteiger partial charge in [-0.2, -0.15) is 0 Å². The van der Waals surface area contributed by atoms with Crippen LogP contribution in [-0.4, -0.2) is 33.6 Å². The second kappa shape index (κ2) is 8.86. The standard InChI is InChI=1S/C22H28N2O4S/c1-16(2)28-22(25)18-9-12-20(24-13-5-4-6-14-24)21(15-18)29(26,27)23-19-10-7-17(3)8-11-19/h7-12,15-16,23H,4-6,13-14H2,1-3H3. The number of sulfonamides is 1. The summed E-state index contributed by atoms with van der Waals surface area (Å²) in [4.78, 5) is 14.5. The summed E-state index contributed by atoms with van der Waals surface area (Å²) in [7, 11) is -3.89. The molecule has 7 heteroatoms. The first-order valence-electron chi connectivity index (χ1n) is 9.96. The molecule has 0 bridgehead atoms. The van der Waals surface area contributed by atoms with E-state index in [-0.39, 0.29) is 16.6 Å². The van der Waals surface area contributed by atoms with E-state index in [1.165, 1.54) is 6.07 Å². The number of rotatable bonds is 6. The molecule has 0 amide bonds. The number of aryl methyl sites for hydroxylation is 1. The van der Waals surface area contributed by atoms with Gasteiger partial charge >= 0.3 is 5.97 Å². The number of nitrogens with one attached hydrogen (secondary N) is 1. The lowest BCUT2D eigenvalue weighted by Crippen LogP contribution is -2.31. The van der Waals surface area contributed by atoms with E-state index < -0.39 is 16.0 Å². The number of anilines is 2. The number of piperidine rings is 1. The highest BCUT2D eigenvalue weighted by atomic mass is 32.2. The van der Waals surface area contributed by atoms with Crippen LogP contribution in [0, 0.1) is 6.92 Å². The highest BCUT2D eigenvalue weighted by molar-refractivity contribution is 7.92. The molecule has 0 aliphatic carbocycles. The molecule has 2 aromatic rings. The molecule has 1 heterocycles. The first-order chi connectivity index (χ1) is 13.8. The lowest BCUT2D eigenvalue weighted by molar-refractivity contribution is 0.0377. The van der Waals surface area contributed by atoms with Crippen molar-refractivity contribution in [3.63, 3.8) is 0 Å². The number of hydrogen-bond acceptors (Lipinski definition) is 5. The molecule has 1 fully saturated rings. The fourth-order valence-corrected chi connectivity index (χ4v) is 4.68. The average Bonchev–Trinajstić information content (AvgIpc) is 2.69. The molecule has 156 valence electrons. The van der Waals surface area contributed by atoms with Crippen molar-refractivity contribution in [1.29, 1.82) is 0 Å². The third-order valence-corrected chi connectivity index (χ3v) is 6.24. The summed E-state index contributed by atoms with van der Waals surface area (Å²) in [6, 6.07) is 11.9. The van der Waals surface area contributed by atoms with Crippen molar-refractivity contribution in [3.05, 3.63) is 53.6 Å². The van der Waals surface area contributed by atoms with Gasteiger partial charge < -0.3 is 9.64 Å². The van der Waals surface area contributed by atoms with Crippen molar-refractivity contribution in [1.82, 2.24) is 0 Å². The molecule has 0 saturated carbocycles. The Hall–Kier alpha value is -2.54. The van der Waals surface area contributed by atoms with Gasteiger partial charge in [-0.05, 0) is 70.4 Å². The van der Waals surface area contributed by atoms with E-state index in [9.17, 15) is 13.2 Å². The van der Waals surface area contributed by atoms with Gasteiger partial charge in [-0.3, -0.25) is 4.72 Å². The zero-order valence-electron chi connectivity index (χ0n) is 17.1. The number of nitrogens with zero attached hydrogens (tertiary/aromatic N) is 1. The molecule has 0 aromatic heterocycles. The Bertz CT molecular complexity index is 963. The van der Waals surface area contributed by atoms with Gasteiger partial charge in [0.2, 0.25) is 0 Å². The number of ether oxygens (including phenoxy) is 1. The monoisotopic (exact) mass is 416 g/mol. The summed E-state index contributed by atoms with van der Waals surface area (Å²) < 4.78 is 34.4. The minimum absolute atomic E-state index is 0.0955. The quantitative estimate of drug-likeness (QED) is 0.709. The minimum atomic E-state index is -3.89. The van der Waals surface area contributed by atoms with Gasteiger partial charge in [-0.1, -0.05) is 17.7 Å². The largest absolute Gasteiger partial charge is 0.459 e. The smallest absolute Gasteiger partial charge is 0.338 e. The first kappa shape index (κ1) is 21.2. The van der Waals surface area contributed by atoms with Crippen LogP contribution in [0.3, 0.4) is 0 Å². The first-order valence-corrected chi connectivity index (χ1v) is 11.4. The second-order valence-electron chi connectivity index (χ2n) is 7.66. The maximum absolute atomic E-state index is 13.3. The van der Waals surface area contributed by atoms with Crippen molar-refractivity contribution < 1.29 is 17.9 Å². The predicted octanol–water partition coefficient (Wildman–Crippen LogP) is 4.35. The van der Waals surface area contributed by atoms with Crippen molar-refractivity contribution in [2.45, 2.75) is 51.0 Å². The Morgan fingerprint density at radius 1 is 1.03 bits per heavy atom. The van der Waals surface area contributed by atoms with Crippen molar-refractivity contribution >= 4 is 27.4 Å². The van der Waals surface area contributed by atoms with E-state index in [4.69, 9.17) is 4.74 Å². The normalized spacial score (nSPS) is 14.7. The number of carbonyl (C=O) groups is 1. The summed E-state index contributed by atoms with van der Waals surface area (Å²) in [5.41, 5.74) is 2.37. The molecule has 0 radical (unpaired) electrons. The van der Waals surface area contributed by atoms with Gasteiger partial charge in [-0.25, -0.2) is 13.2 Å². The lowest BCUT2D eigenvalue weighted by Gasteiger charge is -2.30.